The van der Waals surface area contributed by atoms with Gasteiger partial charge in [-0.15, -0.1) is 0 Å². The SMILES string of the molecule is CCC(N)Cc1ccc(SCc2ccco2)nc1. The largest absolute Gasteiger partial charge is 0.468 e. The second kappa shape index (κ2) is 6.61. The fourth-order valence-corrected chi connectivity index (χ4v) is 2.35. The van der Waals surface area contributed by atoms with Crippen LogP contribution in [-0.4, -0.2) is 11.0 Å². The van der Waals surface area contributed by atoms with E-state index in [1.807, 2.05) is 24.4 Å². The summed E-state index contributed by atoms with van der Waals surface area (Å²) >= 11 is 1.68. The molecule has 2 heterocycles. The Hall–Kier alpha value is -1.26. The van der Waals surface area contributed by atoms with Gasteiger partial charge in [0.1, 0.15) is 5.76 Å². The Morgan fingerprint density at radius 1 is 1.39 bits per heavy atom. The van der Waals surface area contributed by atoms with Crippen molar-refractivity contribution in [2.75, 3.05) is 0 Å². The predicted molar refractivity (Wildman–Crippen MR) is 74.5 cm³/mol. The van der Waals surface area contributed by atoms with Crippen molar-refractivity contribution in [2.45, 2.75) is 36.6 Å². The first-order chi connectivity index (χ1) is 8.78. The van der Waals surface area contributed by atoms with E-state index in [1.165, 1.54) is 5.56 Å². The smallest absolute Gasteiger partial charge is 0.114 e. The predicted octanol–water partition coefficient (Wildman–Crippen LogP) is 3.25. The lowest BCUT2D eigenvalue weighted by Gasteiger charge is -2.08. The monoisotopic (exact) mass is 262 g/mol. The number of aromatic nitrogens is 1. The number of thioether (sulfide) groups is 1. The molecule has 2 rings (SSSR count). The Labute approximate surface area is 112 Å². The van der Waals surface area contributed by atoms with Gasteiger partial charge in [-0.05, 0) is 36.6 Å². The summed E-state index contributed by atoms with van der Waals surface area (Å²) in [5, 5.41) is 1.01. The molecular weight excluding hydrogens is 244 g/mol. The Kier molecular flexibility index (Phi) is 4.84. The molecule has 2 aromatic heterocycles. The van der Waals surface area contributed by atoms with Crippen LogP contribution in [0, 0.1) is 0 Å². The molecule has 0 fully saturated rings. The summed E-state index contributed by atoms with van der Waals surface area (Å²) in [6.07, 6.45) is 5.50. The van der Waals surface area contributed by atoms with Crippen LogP contribution in [0.5, 0.6) is 0 Å². The minimum Gasteiger partial charge on any atom is -0.468 e. The summed E-state index contributed by atoms with van der Waals surface area (Å²) in [6.45, 7) is 2.10. The van der Waals surface area contributed by atoms with Gasteiger partial charge >= 0.3 is 0 Å². The first-order valence-corrected chi connectivity index (χ1v) is 7.12. The van der Waals surface area contributed by atoms with Gasteiger partial charge in [0, 0.05) is 12.2 Å². The van der Waals surface area contributed by atoms with E-state index in [-0.39, 0.29) is 6.04 Å². The van der Waals surface area contributed by atoms with Crippen LogP contribution in [0.25, 0.3) is 0 Å². The van der Waals surface area contributed by atoms with Crippen molar-refractivity contribution in [1.29, 1.82) is 0 Å². The molecule has 0 saturated heterocycles. The molecule has 0 aliphatic rings. The summed E-state index contributed by atoms with van der Waals surface area (Å²) in [7, 11) is 0. The van der Waals surface area contributed by atoms with Crippen LogP contribution in [0.4, 0.5) is 0 Å². The highest BCUT2D eigenvalue weighted by atomic mass is 32.2. The molecule has 0 aromatic carbocycles. The van der Waals surface area contributed by atoms with Gasteiger partial charge in [0.05, 0.1) is 17.0 Å². The number of hydrogen-bond acceptors (Lipinski definition) is 4. The molecule has 0 aliphatic carbocycles. The van der Waals surface area contributed by atoms with Gasteiger partial charge in [-0.2, -0.15) is 0 Å². The molecule has 0 aliphatic heterocycles. The summed E-state index contributed by atoms with van der Waals surface area (Å²) in [4.78, 5) is 4.43. The van der Waals surface area contributed by atoms with Gasteiger partial charge in [-0.25, -0.2) is 4.98 Å². The number of nitrogens with zero attached hydrogens (tertiary/aromatic N) is 1. The molecule has 0 spiro atoms. The molecule has 18 heavy (non-hydrogen) atoms. The van der Waals surface area contributed by atoms with Crippen LogP contribution in [0.15, 0.2) is 46.2 Å². The average Bonchev–Trinajstić information content (AvgIpc) is 2.91. The number of hydrogen-bond donors (Lipinski definition) is 1. The number of nitrogens with two attached hydrogens (primary N) is 1. The van der Waals surface area contributed by atoms with Gasteiger partial charge in [0.15, 0.2) is 0 Å². The Morgan fingerprint density at radius 3 is 2.89 bits per heavy atom. The number of pyridine rings is 1. The lowest BCUT2D eigenvalue weighted by Crippen LogP contribution is -2.21. The lowest BCUT2D eigenvalue weighted by atomic mass is 10.1. The van der Waals surface area contributed by atoms with Crippen LogP contribution in [-0.2, 0) is 12.2 Å². The summed E-state index contributed by atoms with van der Waals surface area (Å²) in [5.74, 6) is 1.78. The zero-order valence-electron chi connectivity index (χ0n) is 10.5. The second-order valence-electron chi connectivity index (χ2n) is 4.25. The second-order valence-corrected chi connectivity index (χ2v) is 5.24. The van der Waals surface area contributed by atoms with Crippen molar-refractivity contribution in [3.05, 3.63) is 48.0 Å². The van der Waals surface area contributed by atoms with Gasteiger partial charge in [0.25, 0.3) is 0 Å². The van der Waals surface area contributed by atoms with Crippen molar-refractivity contribution in [2.24, 2.45) is 5.73 Å². The maximum absolute atomic E-state index is 5.92. The van der Waals surface area contributed by atoms with Gasteiger partial charge in [-0.1, -0.05) is 24.8 Å². The summed E-state index contributed by atoms with van der Waals surface area (Å²) < 4.78 is 5.28. The Morgan fingerprint density at radius 2 is 2.28 bits per heavy atom. The normalized spacial score (nSPS) is 12.6. The third-order valence-corrected chi connectivity index (χ3v) is 3.73. The van der Waals surface area contributed by atoms with Crippen LogP contribution < -0.4 is 5.73 Å². The van der Waals surface area contributed by atoms with Gasteiger partial charge in [-0.3, -0.25) is 0 Å². The molecule has 4 heteroatoms. The van der Waals surface area contributed by atoms with Crippen molar-refractivity contribution < 1.29 is 4.42 Å². The fraction of sp³-hybridized carbons (Fsp3) is 0.357. The third-order valence-electron chi connectivity index (χ3n) is 2.76. The van der Waals surface area contributed by atoms with E-state index in [0.29, 0.717) is 0 Å². The van der Waals surface area contributed by atoms with E-state index in [2.05, 4.69) is 18.0 Å². The molecule has 0 saturated carbocycles. The standard InChI is InChI=1S/C14H18N2OS/c1-2-12(15)8-11-5-6-14(16-9-11)18-10-13-4-3-7-17-13/h3-7,9,12H,2,8,10,15H2,1H3. The molecule has 0 amide bonds. The van der Waals surface area contributed by atoms with E-state index >= 15 is 0 Å². The van der Waals surface area contributed by atoms with E-state index in [4.69, 9.17) is 10.2 Å². The number of rotatable bonds is 6. The van der Waals surface area contributed by atoms with Crippen LogP contribution in [0.2, 0.25) is 0 Å². The van der Waals surface area contributed by atoms with Crippen molar-refractivity contribution in [3.8, 4) is 0 Å². The zero-order chi connectivity index (χ0) is 12.8. The first-order valence-electron chi connectivity index (χ1n) is 6.13. The zero-order valence-corrected chi connectivity index (χ0v) is 11.3. The highest BCUT2D eigenvalue weighted by Crippen LogP contribution is 2.21. The molecule has 3 nitrogen and oxygen atoms in total. The molecule has 0 radical (unpaired) electrons. The summed E-state index contributed by atoms with van der Waals surface area (Å²) in [5.41, 5.74) is 7.12. The van der Waals surface area contributed by atoms with Crippen molar-refractivity contribution >= 4 is 11.8 Å². The maximum Gasteiger partial charge on any atom is 0.114 e. The minimum atomic E-state index is 0.230. The average molecular weight is 262 g/mol. The van der Waals surface area contributed by atoms with E-state index in [1.54, 1.807) is 18.0 Å². The van der Waals surface area contributed by atoms with E-state index in [9.17, 15) is 0 Å². The summed E-state index contributed by atoms with van der Waals surface area (Å²) in [6, 6.07) is 8.26. The molecule has 2 aromatic rings. The Bertz CT molecular complexity index is 453. The van der Waals surface area contributed by atoms with Crippen molar-refractivity contribution in [1.82, 2.24) is 4.98 Å². The molecule has 0 bridgehead atoms. The molecular formula is C14H18N2OS. The molecule has 1 atom stereocenters. The minimum absolute atomic E-state index is 0.230. The van der Waals surface area contributed by atoms with Gasteiger partial charge in [0.2, 0.25) is 0 Å². The van der Waals surface area contributed by atoms with Crippen LogP contribution >= 0.6 is 11.8 Å². The highest BCUT2D eigenvalue weighted by molar-refractivity contribution is 7.98. The van der Waals surface area contributed by atoms with E-state index < -0.39 is 0 Å². The van der Waals surface area contributed by atoms with Crippen LogP contribution in [0.3, 0.4) is 0 Å². The topological polar surface area (TPSA) is 52.0 Å². The maximum atomic E-state index is 5.92. The fourth-order valence-electron chi connectivity index (χ4n) is 1.60. The lowest BCUT2D eigenvalue weighted by molar-refractivity contribution is 0.530. The molecule has 96 valence electrons. The quantitative estimate of drug-likeness (QED) is 0.812. The molecule has 1 unspecified atom stereocenters. The third kappa shape index (κ3) is 3.89. The molecule has 2 N–H and O–H groups in total. The number of furan rings is 1. The highest BCUT2D eigenvalue weighted by Gasteiger charge is 2.03. The van der Waals surface area contributed by atoms with Crippen molar-refractivity contribution in [3.63, 3.8) is 0 Å². The van der Waals surface area contributed by atoms with Gasteiger partial charge < -0.3 is 10.2 Å². The van der Waals surface area contributed by atoms with E-state index in [0.717, 1.165) is 29.4 Å². The Balaban J connectivity index is 1.87. The first kappa shape index (κ1) is 13.2. The van der Waals surface area contributed by atoms with Crippen LogP contribution in [0.1, 0.15) is 24.7 Å².